The number of H-pyrrole nitrogens is 1. The van der Waals surface area contributed by atoms with E-state index in [4.69, 9.17) is 9.47 Å². The number of benzene rings is 4. The van der Waals surface area contributed by atoms with Gasteiger partial charge in [-0.05, 0) is 53.4 Å². The van der Waals surface area contributed by atoms with Gasteiger partial charge in [-0.1, -0.05) is 78.9 Å². The van der Waals surface area contributed by atoms with Crippen LogP contribution in [0.15, 0.2) is 115 Å². The van der Waals surface area contributed by atoms with E-state index in [0.29, 0.717) is 25.4 Å². The number of hydrogen-bond donors (Lipinski definition) is 1. The molecule has 0 radical (unpaired) electrons. The number of carbonyl (C=O) groups is 1. The number of aromatic amines is 1. The molecule has 1 amide bonds. The number of hydrogen-bond acceptors (Lipinski definition) is 3. The van der Waals surface area contributed by atoms with Crippen molar-refractivity contribution in [3.63, 3.8) is 0 Å². The molecule has 0 fully saturated rings. The van der Waals surface area contributed by atoms with Crippen LogP contribution in [0.1, 0.15) is 16.7 Å². The topological polar surface area (TPSA) is 54.6 Å². The molecule has 1 N–H and O–H groups in total. The van der Waals surface area contributed by atoms with Gasteiger partial charge in [0.05, 0.1) is 0 Å². The second-order valence-corrected chi connectivity index (χ2v) is 8.94. The number of aromatic nitrogens is 1. The number of carbonyl (C=O) groups excluding carboxylic acids is 1. The lowest BCUT2D eigenvalue weighted by atomic mass is 10.1. The normalized spacial score (nSPS) is 10.8. The average Bonchev–Trinajstić information content (AvgIpc) is 3.37. The smallest absolute Gasteiger partial charge is 0.260 e. The summed E-state index contributed by atoms with van der Waals surface area (Å²) in [5, 5.41) is 1.19. The lowest BCUT2D eigenvalue weighted by molar-refractivity contribution is -0.134. The minimum atomic E-state index is -0.0481. The van der Waals surface area contributed by atoms with E-state index in [1.54, 1.807) is 0 Å². The molecule has 0 unspecified atom stereocenters. The second-order valence-electron chi connectivity index (χ2n) is 8.94. The van der Waals surface area contributed by atoms with Crippen molar-refractivity contribution in [2.45, 2.75) is 19.6 Å². The van der Waals surface area contributed by atoms with Crippen molar-refractivity contribution < 1.29 is 14.3 Å². The van der Waals surface area contributed by atoms with Gasteiger partial charge in [-0.25, -0.2) is 0 Å². The molecule has 5 nitrogen and oxygen atoms in total. The first-order chi connectivity index (χ1) is 18.2. The fourth-order valence-electron chi connectivity index (χ4n) is 4.29. The highest BCUT2D eigenvalue weighted by Crippen LogP contribution is 2.20. The molecule has 5 rings (SSSR count). The van der Waals surface area contributed by atoms with Gasteiger partial charge in [-0.2, -0.15) is 0 Å². The fourth-order valence-corrected chi connectivity index (χ4v) is 4.29. The van der Waals surface area contributed by atoms with Crippen LogP contribution in [-0.4, -0.2) is 28.9 Å². The standard InChI is InChI=1S/C32H30N2O3/c35-32(24-37-28-11-5-2-6-12-28)34(20-19-27-21-33-31-14-8-7-13-30(27)31)22-25-15-17-29(18-16-25)36-23-26-9-3-1-4-10-26/h1-18,21,33H,19-20,22-24H2. The van der Waals surface area contributed by atoms with Crippen LogP contribution >= 0.6 is 0 Å². The van der Waals surface area contributed by atoms with E-state index in [9.17, 15) is 4.79 Å². The largest absolute Gasteiger partial charge is 0.489 e. The van der Waals surface area contributed by atoms with Crippen molar-refractivity contribution in [1.29, 1.82) is 0 Å². The Labute approximate surface area is 217 Å². The molecule has 0 bridgehead atoms. The highest BCUT2D eigenvalue weighted by molar-refractivity contribution is 5.83. The molecule has 4 aromatic carbocycles. The highest BCUT2D eigenvalue weighted by atomic mass is 16.5. The summed E-state index contributed by atoms with van der Waals surface area (Å²) in [4.78, 5) is 18.4. The zero-order chi connectivity index (χ0) is 25.3. The third kappa shape index (κ3) is 6.58. The van der Waals surface area contributed by atoms with E-state index in [2.05, 4.69) is 17.1 Å². The van der Waals surface area contributed by atoms with Gasteiger partial charge in [0.25, 0.3) is 5.91 Å². The minimum Gasteiger partial charge on any atom is -0.489 e. The molecule has 0 spiro atoms. The van der Waals surface area contributed by atoms with Crippen molar-refractivity contribution in [2.24, 2.45) is 0 Å². The molecule has 0 saturated heterocycles. The lowest BCUT2D eigenvalue weighted by Crippen LogP contribution is -2.36. The van der Waals surface area contributed by atoms with Gasteiger partial charge in [0.2, 0.25) is 0 Å². The third-order valence-electron chi connectivity index (χ3n) is 6.33. The molecular formula is C32H30N2O3. The fraction of sp³-hybridized carbons (Fsp3) is 0.156. The number of rotatable bonds is 11. The van der Waals surface area contributed by atoms with Crippen LogP contribution in [0, 0.1) is 0 Å². The Balaban J connectivity index is 1.25. The Morgan fingerprint density at radius 3 is 2.16 bits per heavy atom. The molecule has 186 valence electrons. The number of amides is 1. The van der Waals surface area contributed by atoms with E-state index >= 15 is 0 Å². The lowest BCUT2D eigenvalue weighted by Gasteiger charge is -2.23. The number of para-hydroxylation sites is 2. The summed E-state index contributed by atoms with van der Waals surface area (Å²) in [7, 11) is 0. The van der Waals surface area contributed by atoms with Crippen LogP contribution in [0.3, 0.4) is 0 Å². The quantitative estimate of drug-likeness (QED) is 0.233. The molecule has 5 heteroatoms. The first kappa shape index (κ1) is 24.2. The molecule has 5 aromatic rings. The predicted octanol–water partition coefficient (Wildman–Crippen LogP) is 6.40. The van der Waals surface area contributed by atoms with Gasteiger partial charge in [-0.15, -0.1) is 0 Å². The van der Waals surface area contributed by atoms with Crippen LogP contribution in [-0.2, 0) is 24.4 Å². The minimum absolute atomic E-state index is 0.00380. The van der Waals surface area contributed by atoms with E-state index < -0.39 is 0 Å². The Morgan fingerprint density at radius 2 is 1.38 bits per heavy atom. The van der Waals surface area contributed by atoms with Gasteiger partial charge in [0, 0.05) is 30.2 Å². The van der Waals surface area contributed by atoms with E-state index in [1.165, 1.54) is 10.9 Å². The van der Waals surface area contributed by atoms with Gasteiger partial charge < -0.3 is 19.4 Å². The summed E-state index contributed by atoms with van der Waals surface area (Å²) in [6.07, 6.45) is 2.78. The number of ether oxygens (including phenoxy) is 2. The summed E-state index contributed by atoms with van der Waals surface area (Å²) in [5.74, 6) is 1.44. The van der Waals surface area contributed by atoms with E-state index in [-0.39, 0.29) is 12.5 Å². The molecule has 1 heterocycles. The molecule has 0 aliphatic carbocycles. The van der Waals surface area contributed by atoms with Crippen LogP contribution in [0.5, 0.6) is 11.5 Å². The average molecular weight is 491 g/mol. The molecule has 0 aliphatic heterocycles. The first-order valence-corrected chi connectivity index (χ1v) is 12.5. The molecule has 0 atom stereocenters. The van der Waals surface area contributed by atoms with Crippen LogP contribution in [0.25, 0.3) is 10.9 Å². The Hall–Kier alpha value is -4.51. The van der Waals surface area contributed by atoms with Gasteiger partial charge in [0.15, 0.2) is 6.61 Å². The first-order valence-electron chi connectivity index (χ1n) is 12.5. The molecule has 1 aromatic heterocycles. The number of nitrogens with zero attached hydrogens (tertiary/aromatic N) is 1. The van der Waals surface area contributed by atoms with Crippen molar-refractivity contribution in [2.75, 3.05) is 13.2 Å². The summed E-state index contributed by atoms with van der Waals surface area (Å²) < 4.78 is 11.7. The maximum Gasteiger partial charge on any atom is 0.260 e. The Bertz CT molecular complexity index is 1410. The summed E-state index contributed by atoms with van der Waals surface area (Å²) >= 11 is 0. The van der Waals surface area contributed by atoms with Crippen molar-refractivity contribution in [1.82, 2.24) is 9.88 Å². The Morgan fingerprint density at radius 1 is 0.703 bits per heavy atom. The zero-order valence-electron chi connectivity index (χ0n) is 20.7. The monoisotopic (exact) mass is 490 g/mol. The zero-order valence-corrected chi connectivity index (χ0v) is 20.7. The summed E-state index contributed by atoms with van der Waals surface area (Å²) in [6, 6.07) is 35.7. The van der Waals surface area contributed by atoms with Crippen molar-refractivity contribution in [3.05, 3.63) is 132 Å². The summed E-state index contributed by atoms with van der Waals surface area (Å²) in [5.41, 5.74) is 4.47. The van der Waals surface area contributed by atoms with Gasteiger partial charge in [0.1, 0.15) is 18.1 Å². The van der Waals surface area contributed by atoms with Crippen molar-refractivity contribution in [3.8, 4) is 11.5 Å². The van der Waals surface area contributed by atoms with E-state index in [1.807, 2.05) is 108 Å². The third-order valence-corrected chi connectivity index (χ3v) is 6.33. The highest BCUT2D eigenvalue weighted by Gasteiger charge is 2.16. The van der Waals surface area contributed by atoms with Crippen molar-refractivity contribution >= 4 is 16.8 Å². The second kappa shape index (κ2) is 12.0. The molecule has 0 aliphatic rings. The maximum absolute atomic E-state index is 13.2. The molecule has 0 saturated carbocycles. The van der Waals surface area contributed by atoms with Crippen LogP contribution < -0.4 is 9.47 Å². The number of fused-ring (bicyclic) bond motifs is 1. The Kier molecular flexibility index (Phi) is 7.82. The van der Waals surface area contributed by atoms with Crippen LogP contribution in [0.2, 0.25) is 0 Å². The number of nitrogens with one attached hydrogen (secondary N) is 1. The van der Waals surface area contributed by atoms with Crippen LogP contribution in [0.4, 0.5) is 0 Å². The molecule has 37 heavy (non-hydrogen) atoms. The summed E-state index contributed by atoms with van der Waals surface area (Å²) in [6.45, 7) is 1.60. The maximum atomic E-state index is 13.2. The van der Waals surface area contributed by atoms with E-state index in [0.717, 1.165) is 28.8 Å². The SMILES string of the molecule is O=C(COc1ccccc1)N(CCc1c[nH]c2ccccc12)Cc1ccc(OCc2ccccc2)cc1. The molecular weight excluding hydrogens is 460 g/mol. The van der Waals surface area contributed by atoms with Gasteiger partial charge in [-0.3, -0.25) is 4.79 Å². The van der Waals surface area contributed by atoms with Gasteiger partial charge >= 0.3 is 0 Å². The predicted molar refractivity (Wildman–Crippen MR) is 147 cm³/mol.